The van der Waals surface area contributed by atoms with Gasteiger partial charge < -0.3 is 9.15 Å². The first kappa shape index (κ1) is 17.6. The molecule has 4 heteroatoms. The minimum absolute atomic E-state index is 0.464. The Balaban J connectivity index is 1.49. The number of fused-ring (bicyclic) bond motifs is 1. The lowest BCUT2D eigenvalue weighted by molar-refractivity contribution is 0.306. The molecule has 1 heterocycles. The van der Waals surface area contributed by atoms with Gasteiger partial charge in [-0.3, -0.25) is 0 Å². The molecule has 0 saturated carbocycles. The summed E-state index contributed by atoms with van der Waals surface area (Å²) >= 11 is 5.90. The molecule has 0 radical (unpaired) electrons. The van der Waals surface area contributed by atoms with E-state index in [9.17, 15) is 0 Å². The fraction of sp³-hybridized carbons (Fsp3) is 0.174. The first-order valence-corrected chi connectivity index (χ1v) is 9.34. The van der Waals surface area contributed by atoms with Crippen LogP contribution >= 0.6 is 11.6 Å². The van der Waals surface area contributed by atoms with Gasteiger partial charge in [0, 0.05) is 10.6 Å². The number of hydrogen-bond donors (Lipinski definition) is 0. The zero-order chi connectivity index (χ0) is 18.8. The molecule has 0 saturated heterocycles. The maximum absolute atomic E-state index is 5.90. The molecule has 0 atom stereocenters. The Labute approximate surface area is 163 Å². The van der Waals surface area contributed by atoms with Crippen LogP contribution in [-0.4, -0.2) is 4.98 Å². The van der Waals surface area contributed by atoms with E-state index in [1.807, 2.05) is 54.6 Å². The number of benzene rings is 3. The second-order valence-electron chi connectivity index (χ2n) is 6.84. The summed E-state index contributed by atoms with van der Waals surface area (Å²) in [5.41, 5.74) is 4.95. The third kappa shape index (κ3) is 3.99. The summed E-state index contributed by atoms with van der Waals surface area (Å²) in [4.78, 5) is 4.64. The maximum atomic E-state index is 5.90. The average Bonchev–Trinajstić information content (AvgIpc) is 3.11. The van der Waals surface area contributed by atoms with Crippen molar-refractivity contribution in [3.63, 3.8) is 0 Å². The van der Waals surface area contributed by atoms with Crippen LogP contribution in [0.25, 0.3) is 22.6 Å². The quantitative estimate of drug-likeness (QED) is 0.381. The third-order valence-electron chi connectivity index (χ3n) is 4.50. The number of oxazole rings is 1. The van der Waals surface area contributed by atoms with Crippen LogP contribution < -0.4 is 4.74 Å². The molecule has 0 N–H and O–H groups in total. The fourth-order valence-corrected chi connectivity index (χ4v) is 2.99. The van der Waals surface area contributed by atoms with E-state index < -0.39 is 0 Å². The first-order chi connectivity index (χ1) is 13.1. The predicted molar refractivity (Wildman–Crippen MR) is 109 cm³/mol. The monoisotopic (exact) mass is 377 g/mol. The molecule has 1 aromatic heterocycles. The topological polar surface area (TPSA) is 35.3 Å². The zero-order valence-electron chi connectivity index (χ0n) is 15.3. The van der Waals surface area contributed by atoms with Gasteiger partial charge in [-0.1, -0.05) is 43.6 Å². The number of rotatable bonds is 5. The van der Waals surface area contributed by atoms with Crippen molar-refractivity contribution >= 4 is 22.7 Å². The Kier molecular flexibility index (Phi) is 4.87. The van der Waals surface area contributed by atoms with Crippen LogP contribution in [0, 0.1) is 0 Å². The Hall–Kier alpha value is -2.78. The van der Waals surface area contributed by atoms with Gasteiger partial charge in [0.25, 0.3) is 0 Å². The highest BCUT2D eigenvalue weighted by Gasteiger charge is 2.10. The molecule has 3 nitrogen and oxygen atoms in total. The van der Waals surface area contributed by atoms with E-state index in [1.54, 1.807) is 0 Å². The molecule has 0 aliphatic rings. The summed E-state index contributed by atoms with van der Waals surface area (Å²) in [6.45, 7) is 4.84. The van der Waals surface area contributed by atoms with Crippen molar-refractivity contribution in [2.75, 3.05) is 0 Å². The van der Waals surface area contributed by atoms with Crippen LogP contribution in [0.2, 0.25) is 5.02 Å². The van der Waals surface area contributed by atoms with Crippen molar-refractivity contribution in [2.24, 2.45) is 0 Å². The Morgan fingerprint density at radius 2 is 1.70 bits per heavy atom. The van der Waals surface area contributed by atoms with Gasteiger partial charge in [-0.2, -0.15) is 0 Å². The van der Waals surface area contributed by atoms with Gasteiger partial charge in [0.1, 0.15) is 17.9 Å². The zero-order valence-corrected chi connectivity index (χ0v) is 16.0. The van der Waals surface area contributed by atoms with Crippen LogP contribution in [-0.2, 0) is 6.61 Å². The number of halogens is 1. The molecule has 0 aliphatic heterocycles. The maximum Gasteiger partial charge on any atom is 0.227 e. The van der Waals surface area contributed by atoms with Gasteiger partial charge in [0.15, 0.2) is 5.58 Å². The fourth-order valence-electron chi connectivity index (χ4n) is 2.87. The van der Waals surface area contributed by atoms with Crippen molar-refractivity contribution in [3.05, 3.63) is 82.9 Å². The molecular weight excluding hydrogens is 358 g/mol. The number of aromatic nitrogens is 1. The molecule has 0 unspecified atom stereocenters. The summed E-state index contributed by atoms with van der Waals surface area (Å²) in [7, 11) is 0. The number of nitrogens with zero attached hydrogens (tertiary/aromatic N) is 1. The van der Waals surface area contributed by atoms with E-state index in [1.165, 1.54) is 5.56 Å². The van der Waals surface area contributed by atoms with E-state index in [0.29, 0.717) is 18.4 Å². The molecule has 0 fully saturated rings. The van der Waals surface area contributed by atoms with Crippen LogP contribution in [0.1, 0.15) is 30.9 Å². The molecule has 0 amide bonds. The summed E-state index contributed by atoms with van der Waals surface area (Å²) in [5, 5.41) is 0.724. The lowest BCUT2D eigenvalue weighted by atomic mass is 10.0. The Bertz CT molecular complexity index is 1050. The van der Waals surface area contributed by atoms with Crippen molar-refractivity contribution in [2.45, 2.75) is 26.4 Å². The molecule has 0 aliphatic carbocycles. The van der Waals surface area contributed by atoms with E-state index in [0.717, 1.165) is 33.0 Å². The summed E-state index contributed by atoms with van der Waals surface area (Å²) in [5.74, 6) is 1.88. The van der Waals surface area contributed by atoms with Gasteiger partial charge in [-0.05, 0) is 65.6 Å². The molecular formula is C23H20ClNO2. The van der Waals surface area contributed by atoms with E-state index in [2.05, 4.69) is 31.0 Å². The minimum Gasteiger partial charge on any atom is -0.489 e. The van der Waals surface area contributed by atoms with E-state index in [-0.39, 0.29) is 0 Å². The summed E-state index contributed by atoms with van der Waals surface area (Å²) < 4.78 is 11.7. The van der Waals surface area contributed by atoms with Gasteiger partial charge in [0.05, 0.1) is 0 Å². The van der Waals surface area contributed by atoms with Crippen LogP contribution in [0.3, 0.4) is 0 Å². The van der Waals surface area contributed by atoms with Crippen molar-refractivity contribution < 1.29 is 9.15 Å². The standard InChI is InChI=1S/C23H20ClNO2/c1-15(2)18-7-12-22-21(13-18)25-23(27-22)17-5-10-20(11-6-17)26-14-16-3-8-19(24)9-4-16/h3-13,15H,14H2,1-2H3. The molecule has 27 heavy (non-hydrogen) atoms. The first-order valence-electron chi connectivity index (χ1n) is 8.96. The lowest BCUT2D eigenvalue weighted by Gasteiger charge is -2.06. The van der Waals surface area contributed by atoms with Crippen molar-refractivity contribution in [1.29, 1.82) is 0 Å². The highest BCUT2D eigenvalue weighted by atomic mass is 35.5. The second kappa shape index (κ2) is 7.45. The van der Waals surface area contributed by atoms with Gasteiger partial charge >= 0.3 is 0 Å². The predicted octanol–water partition coefficient (Wildman–Crippen LogP) is 6.85. The molecule has 4 rings (SSSR count). The lowest BCUT2D eigenvalue weighted by Crippen LogP contribution is -1.94. The van der Waals surface area contributed by atoms with Gasteiger partial charge in [0.2, 0.25) is 5.89 Å². The van der Waals surface area contributed by atoms with Crippen LogP contribution in [0.5, 0.6) is 5.75 Å². The molecule has 136 valence electrons. The number of ether oxygens (including phenoxy) is 1. The van der Waals surface area contributed by atoms with Crippen molar-refractivity contribution in [3.8, 4) is 17.2 Å². The van der Waals surface area contributed by atoms with Crippen molar-refractivity contribution in [1.82, 2.24) is 4.98 Å². The number of hydrogen-bond acceptors (Lipinski definition) is 3. The van der Waals surface area contributed by atoms with Crippen LogP contribution in [0.4, 0.5) is 0 Å². The van der Waals surface area contributed by atoms with Gasteiger partial charge in [-0.25, -0.2) is 4.98 Å². The van der Waals surface area contributed by atoms with Gasteiger partial charge in [-0.15, -0.1) is 0 Å². The SMILES string of the molecule is CC(C)c1ccc2oc(-c3ccc(OCc4ccc(Cl)cc4)cc3)nc2c1. The molecule has 3 aromatic carbocycles. The minimum atomic E-state index is 0.464. The Morgan fingerprint density at radius 3 is 2.41 bits per heavy atom. The summed E-state index contributed by atoms with van der Waals surface area (Å²) in [6, 6.07) is 21.6. The van der Waals surface area contributed by atoms with Crippen LogP contribution in [0.15, 0.2) is 71.1 Å². The second-order valence-corrected chi connectivity index (χ2v) is 7.28. The van der Waals surface area contributed by atoms with E-state index >= 15 is 0 Å². The average molecular weight is 378 g/mol. The molecule has 4 aromatic rings. The molecule has 0 bridgehead atoms. The third-order valence-corrected chi connectivity index (χ3v) is 4.75. The smallest absolute Gasteiger partial charge is 0.227 e. The highest BCUT2D eigenvalue weighted by Crippen LogP contribution is 2.28. The normalized spacial score (nSPS) is 11.3. The highest BCUT2D eigenvalue weighted by molar-refractivity contribution is 6.30. The van der Waals surface area contributed by atoms with E-state index in [4.69, 9.17) is 20.8 Å². The Morgan fingerprint density at radius 1 is 0.963 bits per heavy atom. The molecule has 0 spiro atoms. The summed E-state index contributed by atoms with van der Waals surface area (Å²) in [6.07, 6.45) is 0. The largest absolute Gasteiger partial charge is 0.489 e.